The van der Waals surface area contributed by atoms with Gasteiger partial charge in [0.25, 0.3) is 0 Å². The Morgan fingerprint density at radius 1 is 1.09 bits per heavy atom. The van der Waals surface area contributed by atoms with E-state index in [4.69, 9.17) is 4.74 Å². The van der Waals surface area contributed by atoms with Crippen molar-refractivity contribution in [1.29, 1.82) is 0 Å². The lowest BCUT2D eigenvalue weighted by atomic mass is 9.46. The van der Waals surface area contributed by atoms with Crippen LogP contribution in [0.4, 0.5) is 0 Å². The third-order valence-corrected chi connectivity index (χ3v) is 12.9. The topological polar surface area (TPSA) is 49.8 Å². The van der Waals surface area contributed by atoms with Gasteiger partial charge >= 0.3 is 0 Å². The monoisotopic (exact) mass is 599 g/mol. The first kappa shape index (κ1) is 32.6. The number of phenols is 1. The van der Waals surface area contributed by atoms with Gasteiger partial charge < -0.3 is 14.7 Å². The number of fused-ring (bicyclic) bond motifs is 1. The fraction of sp³-hybridized carbons (Fsp3) is 0.625. The Labute approximate surface area is 267 Å². The van der Waals surface area contributed by atoms with Crippen molar-refractivity contribution in [1.82, 2.24) is 4.90 Å². The molecule has 0 aromatic heterocycles. The van der Waals surface area contributed by atoms with Crippen LogP contribution in [0.5, 0.6) is 11.5 Å². The van der Waals surface area contributed by atoms with Gasteiger partial charge in [-0.2, -0.15) is 0 Å². The highest BCUT2D eigenvalue weighted by molar-refractivity contribution is 5.82. The minimum Gasteiger partial charge on any atom is -0.504 e. The first-order chi connectivity index (χ1) is 20.9. The van der Waals surface area contributed by atoms with Crippen LogP contribution in [0.2, 0.25) is 0 Å². The number of hydrogen-bond acceptors (Lipinski definition) is 3. The second kappa shape index (κ2) is 12.6. The Hall–Kier alpha value is -2.75. The number of phenolic OH excluding ortho intramolecular Hbond substituents is 1. The Morgan fingerprint density at radius 2 is 1.77 bits per heavy atom. The molecular weight excluding hydrogens is 542 g/mol. The molecular formula is C40H57NO3. The van der Waals surface area contributed by atoms with Crippen molar-refractivity contribution < 1.29 is 14.6 Å². The molecule has 1 saturated heterocycles. The third-order valence-electron chi connectivity index (χ3n) is 12.9. The standard InChI is InChI=1S/C40H57NO3/c1-9-39(7,40(8,10-2)34-25-38(6,21-20-27(34)3)37(43)41-22-14-15-23-41)33-19-18-31-29(5)36(35(42)24-32(31)28(33)4)44-26-30-16-12-11-13-17-30/h11-13,16-17,19,24,27-28,34,42H,9-10,14-15,18,20-23,25-26H2,1-8H3/t27-,28-,34-,38-,39-,40+/m1/s1. The number of aromatic hydroxyl groups is 1. The number of allylic oxidation sites excluding steroid dienone is 2. The van der Waals surface area contributed by atoms with E-state index in [0.717, 1.165) is 75.6 Å². The quantitative estimate of drug-likeness (QED) is 0.292. The molecule has 2 aliphatic carbocycles. The van der Waals surface area contributed by atoms with Crippen LogP contribution in [0.15, 0.2) is 48.0 Å². The molecule has 2 aromatic rings. The van der Waals surface area contributed by atoms with Crippen molar-refractivity contribution >= 4 is 5.91 Å². The van der Waals surface area contributed by atoms with Crippen LogP contribution >= 0.6 is 0 Å². The number of carbonyl (C=O) groups excluding carboxylic acids is 1. The molecule has 0 spiro atoms. The number of carbonyl (C=O) groups is 1. The molecule has 2 aromatic carbocycles. The molecule has 3 aliphatic rings. The Balaban J connectivity index is 1.45. The fourth-order valence-corrected chi connectivity index (χ4v) is 9.56. The lowest BCUT2D eigenvalue weighted by Crippen LogP contribution is -2.53. The summed E-state index contributed by atoms with van der Waals surface area (Å²) in [4.78, 5) is 16.1. The summed E-state index contributed by atoms with van der Waals surface area (Å²) in [6, 6.07) is 12.1. The largest absolute Gasteiger partial charge is 0.504 e. The van der Waals surface area contributed by atoms with E-state index in [1.165, 1.54) is 16.7 Å². The lowest BCUT2D eigenvalue weighted by Gasteiger charge is -2.58. The zero-order chi connectivity index (χ0) is 31.9. The number of amides is 1. The van der Waals surface area contributed by atoms with Gasteiger partial charge in [-0.25, -0.2) is 0 Å². The number of nitrogens with zero attached hydrogens (tertiary/aromatic N) is 1. The average molecular weight is 600 g/mol. The minimum absolute atomic E-state index is 0.0293. The number of rotatable bonds is 9. The third kappa shape index (κ3) is 5.49. The predicted molar refractivity (Wildman–Crippen MR) is 181 cm³/mol. The van der Waals surface area contributed by atoms with Crippen LogP contribution in [-0.4, -0.2) is 29.0 Å². The Morgan fingerprint density at radius 3 is 2.41 bits per heavy atom. The zero-order valence-corrected chi connectivity index (χ0v) is 28.8. The van der Waals surface area contributed by atoms with Gasteiger partial charge in [0.2, 0.25) is 5.91 Å². The van der Waals surface area contributed by atoms with Crippen LogP contribution in [0.3, 0.4) is 0 Å². The maximum absolute atomic E-state index is 13.9. The van der Waals surface area contributed by atoms with Gasteiger partial charge in [-0.1, -0.05) is 90.4 Å². The molecule has 2 fully saturated rings. The van der Waals surface area contributed by atoms with E-state index in [1.807, 2.05) is 24.3 Å². The normalized spacial score (nSPS) is 28.0. The van der Waals surface area contributed by atoms with E-state index in [1.54, 1.807) is 0 Å². The van der Waals surface area contributed by atoms with Gasteiger partial charge in [0.1, 0.15) is 6.61 Å². The average Bonchev–Trinajstić information content (AvgIpc) is 3.57. The van der Waals surface area contributed by atoms with E-state index >= 15 is 0 Å². The van der Waals surface area contributed by atoms with Gasteiger partial charge in [0.15, 0.2) is 11.5 Å². The molecule has 4 heteroatoms. The van der Waals surface area contributed by atoms with Crippen LogP contribution in [0.25, 0.3) is 0 Å². The number of likely N-dealkylation sites (tertiary alicyclic amines) is 1. The molecule has 5 rings (SSSR count). The second-order valence-corrected chi connectivity index (χ2v) is 15.1. The molecule has 6 atom stereocenters. The SMILES string of the molecule is CC[C@@](C)([C@@H]1C[C@](C)(C(=O)N2CCCC2)CC[C@H]1C)[C@](C)(CC)C1=CCc2c(cc(O)c(OCc3ccccc3)c2C)[C@H]1C. The highest BCUT2D eigenvalue weighted by atomic mass is 16.5. The maximum atomic E-state index is 13.9. The summed E-state index contributed by atoms with van der Waals surface area (Å²) >= 11 is 0. The summed E-state index contributed by atoms with van der Waals surface area (Å²) < 4.78 is 6.21. The summed E-state index contributed by atoms with van der Waals surface area (Å²) in [7, 11) is 0. The summed E-state index contributed by atoms with van der Waals surface area (Å²) in [5.41, 5.74) is 5.87. The van der Waals surface area contributed by atoms with Gasteiger partial charge in [0, 0.05) is 24.4 Å². The smallest absolute Gasteiger partial charge is 0.228 e. The van der Waals surface area contributed by atoms with E-state index in [2.05, 4.69) is 78.5 Å². The molecule has 1 aliphatic heterocycles. The van der Waals surface area contributed by atoms with Crippen molar-refractivity contribution in [2.75, 3.05) is 13.1 Å². The van der Waals surface area contributed by atoms with Crippen LogP contribution in [0.1, 0.15) is 122 Å². The highest BCUT2D eigenvalue weighted by Crippen LogP contribution is 2.63. The molecule has 4 nitrogen and oxygen atoms in total. The molecule has 0 bridgehead atoms. The van der Waals surface area contributed by atoms with Gasteiger partial charge in [-0.05, 0) is 109 Å². The summed E-state index contributed by atoms with van der Waals surface area (Å²) in [5.74, 6) is 2.47. The van der Waals surface area contributed by atoms with E-state index in [9.17, 15) is 9.90 Å². The molecule has 1 heterocycles. The van der Waals surface area contributed by atoms with E-state index < -0.39 is 0 Å². The van der Waals surface area contributed by atoms with Crippen molar-refractivity contribution in [3.8, 4) is 11.5 Å². The Kier molecular flexibility index (Phi) is 9.32. The number of hydrogen-bond donors (Lipinski definition) is 1. The van der Waals surface area contributed by atoms with E-state index in [0.29, 0.717) is 30.1 Å². The van der Waals surface area contributed by atoms with Crippen molar-refractivity contribution in [2.24, 2.45) is 28.1 Å². The zero-order valence-electron chi connectivity index (χ0n) is 28.8. The van der Waals surface area contributed by atoms with Crippen molar-refractivity contribution in [3.05, 3.63) is 70.3 Å². The van der Waals surface area contributed by atoms with Gasteiger partial charge in [0.05, 0.1) is 0 Å². The summed E-state index contributed by atoms with van der Waals surface area (Å²) in [6.45, 7) is 21.2. The maximum Gasteiger partial charge on any atom is 0.228 e. The minimum atomic E-state index is -0.273. The molecule has 1 amide bonds. The molecule has 240 valence electrons. The molecule has 1 saturated carbocycles. The first-order valence-electron chi connectivity index (χ1n) is 17.4. The lowest BCUT2D eigenvalue weighted by molar-refractivity contribution is -0.147. The van der Waals surface area contributed by atoms with Crippen molar-refractivity contribution in [2.45, 2.75) is 119 Å². The molecule has 0 unspecified atom stereocenters. The number of benzene rings is 2. The van der Waals surface area contributed by atoms with Gasteiger partial charge in [-0.15, -0.1) is 0 Å². The van der Waals surface area contributed by atoms with Crippen LogP contribution in [0, 0.1) is 35.0 Å². The van der Waals surface area contributed by atoms with Gasteiger partial charge in [-0.3, -0.25) is 4.79 Å². The predicted octanol–water partition coefficient (Wildman–Crippen LogP) is 9.76. The highest BCUT2D eigenvalue weighted by Gasteiger charge is 2.56. The number of ether oxygens (including phenoxy) is 1. The van der Waals surface area contributed by atoms with Crippen molar-refractivity contribution in [3.63, 3.8) is 0 Å². The van der Waals surface area contributed by atoms with E-state index in [-0.39, 0.29) is 27.9 Å². The molecule has 44 heavy (non-hydrogen) atoms. The van der Waals surface area contributed by atoms with Crippen LogP contribution < -0.4 is 4.74 Å². The van der Waals surface area contributed by atoms with Crippen LogP contribution in [-0.2, 0) is 17.8 Å². The fourth-order valence-electron chi connectivity index (χ4n) is 9.56. The molecule has 1 N–H and O–H groups in total. The Bertz CT molecular complexity index is 1370. The summed E-state index contributed by atoms with van der Waals surface area (Å²) in [5, 5.41) is 11.3. The first-order valence-corrected chi connectivity index (χ1v) is 17.4. The molecule has 0 radical (unpaired) electrons. The second-order valence-electron chi connectivity index (χ2n) is 15.1. The summed E-state index contributed by atoms with van der Waals surface area (Å²) in [6.07, 6.45) is 10.9.